The number of nitrogens with zero attached hydrogens (tertiary/aromatic N) is 1. The van der Waals surface area contributed by atoms with Crippen LogP contribution in [0.25, 0.3) is 10.9 Å². The molecule has 0 spiro atoms. The third kappa shape index (κ3) is 2.78. The molecule has 0 radical (unpaired) electrons. The molecule has 3 rings (SSSR count). The van der Waals surface area contributed by atoms with Crippen molar-refractivity contribution in [1.82, 2.24) is 4.57 Å². The molecule has 0 aliphatic carbocycles. The molecule has 0 unspecified atom stereocenters. The van der Waals surface area contributed by atoms with E-state index in [2.05, 4.69) is 5.32 Å². The highest BCUT2D eigenvalue weighted by Crippen LogP contribution is 2.24. The molecule has 3 aromatic rings. The van der Waals surface area contributed by atoms with Gasteiger partial charge in [0, 0.05) is 29.2 Å². The van der Waals surface area contributed by atoms with Gasteiger partial charge in [0.15, 0.2) is 0 Å². The van der Waals surface area contributed by atoms with E-state index in [9.17, 15) is 9.90 Å². The summed E-state index contributed by atoms with van der Waals surface area (Å²) in [5.41, 5.74) is 2.82. The maximum Gasteiger partial charge on any atom is 0.272 e. The second kappa shape index (κ2) is 6.14. The SMILES string of the molecule is COc1ccc(NC(=O)c2cc3ccccc3n2C)cc1CO. The summed E-state index contributed by atoms with van der Waals surface area (Å²) in [5, 5.41) is 13.2. The third-order valence-electron chi connectivity index (χ3n) is 3.89. The number of carbonyl (C=O) groups is 1. The number of ether oxygens (including phenoxy) is 1. The number of aliphatic hydroxyl groups is 1. The molecule has 1 heterocycles. The molecule has 0 atom stereocenters. The lowest BCUT2D eigenvalue weighted by molar-refractivity contribution is 0.101. The molecular formula is C18H18N2O3. The molecule has 0 bridgehead atoms. The predicted molar refractivity (Wildman–Crippen MR) is 89.8 cm³/mol. The Bertz CT molecular complexity index is 868. The van der Waals surface area contributed by atoms with Gasteiger partial charge in [0.1, 0.15) is 11.4 Å². The monoisotopic (exact) mass is 310 g/mol. The zero-order valence-corrected chi connectivity index (χ0v) is 13.0. The van der Waals surface area contributed by atoms with Gasteiger partial charge in [-0.3, -0.25) is 4.79 Å². The van der Waals surface area contributed by atoms with Crippen molar-refractivity contribution in [2.24, 2.45) is 7.05 Å². The molecule has 0 fully saturated rings. The zero-order chi connectivity index (χ0) is 16.4. The van der Waals surface area contributed by atoms with E-state index in [1.54, 1.807) is 25.3 Å². The first-order valence-electron chi connectivity index (χ1n) is 7.27. The van der Waals surface area contributed by atoms with Crippen LogP contribution in [0.3, 0.4) is 0 Å². The maximum atomic E-state index is 12.5. The Kier molecular flexibility index (Phi) is 4.04. The van der Waals surface area contributed by atoms with E-state index in [0.29, 0.717) is 22.7 Å². The number of amides is 1. The van der Waals surface area contributed by atoms with Crippen LogP contribution in [0, 0.1) is 0 Å². The van der Waals surface area contributed by atoms with Crippen LogP contribution < -0.4 is 10.1 Å². The van der Waals surface area contributed by atoms with Crippen LogP contribution >= 0.6 is 0 Å². The van der Waals surface area contributed by atoms with Crippen molar-refractivity contribution in [2.75, 3.05) is 12.4 Å². The van der Waals surface area contributed by atoms with E-state index in [-0.39, 0.29) is 12.5 Å². The van der Waals surface area contributed by atoms with Crippen LogP contribution in [0.2, 0.25) is 0 Å². The second-order valence-electron chi connectivity index (χ2n) is 5.29. The number of para-hydroxylation sites is 1. The highest BCUT2D eigenvalue weighted by Gasteiger charge is 2.14. The molecule has 5 nitrogen and oxygen atoms in total. The second-order valence-corrected chi connectivity index (χ2v) is 5.29. The molecule has 2 aromatic carbocycles. The van der Waals surface area contributed by atoms with E-state index in [1.807, 2.05) is 41.9 Å². The van der Waals surface area contributed by atoms with E-state index in [1.165, 1.54) is 0 Å². The topological polar surface area (TPSA) is 63.5 Å². The number of aryl methyl sites for hydroxylation is 1. The van der Waals surface area contributed by atoms with Crippen molar-refractivity contribution in [3.63, 3.8) is 0 Å². The number of aliphatic hydroxyl groups excluding tert-OH is 1. The zero-order valence-electron chi connectivity index (χ0n) is 13.0. The summed E-state index contributed by atoms with van der Waals surface area (Å²) in [5.74, 6) is 0.396. The molecule has 23 heavy (non-hydrogen) atoms. The molecule has 5 heteroatoms. The fourth-order valence-corrected chi connectivity index (χ4v) is 2.68. The van der Waals surface area contributed by atoms with E-state index in [4.69, 9.17) is 4.74 Å². The van der Waals surface area contributed by atoms with Crippen molar-refractivity contribution in [1.29, 1.82) is 0 Å². The number of fused-ring (bicyclic) bond motifs is 1. The first-order valence-corrected chi connectivity index (χ1v) is 7.27. The highest BCUT2D eigenvalue weighted by molar-refractivity contribution is 6.06. The van der Waals surface area contributed by atoms with Gasteiger partial charge in [0.2, 0.25) is 0 Å². The first kappa shape index (κ1) is 15.1. The quantitative estimate of drug-likeness (QED) is 0.779. The number of hydrogen-bond donors (Lipinski definition) is 2. The molecule has 0 aliphatic rings. The van der Waals surface area contributed by atoms with E-state index < -0.39 is 0 Å². The van der Waals surface area contributed by atoms with Crippen LogP contribution in [0.15, 0.2) is 48.5 Å². The van der Waals surface area contributed by atoms with Gasteiger partial charge >= 0.3 is 0 Å². The summed E-state index contributed by atoms with van der Waals surface area (Å²) in [6, 6.07) is 14.9. The van der Waals surface area contributed by atoms with Gasteiger partial charge in [-0.2, -0.15) is 0 Å². The summed E-state index contributed by atoms with van der Waals surface area (Å²) >= 11 is 0. The lowest BCUT2D eigenvalue weighted by Gasteiger charge is -2.10. The van der Waals surface area contributed by atoms with Gasteiger partial charge < -0.3 is 19.7 Å². The molecule has 0 saturated heterocycles. The Morgan fingerprint density at radius 3 is 2.70 bits per heavy atom. The van der Waals surface area contributed by atoms with Gasteiger partial charge in [-0.15, -0.1) is 0 Å². The molecule has 2 N–H and O–H groups in total. The van der Waals surface area contributed by atoms with Crippen LogP contribution in [-0.2, 0) is 13.7 Å². The summed E-state index contributed by atoms with van der Waals surface area (Å²) in [6.45, 7) is -0.152. The van der Waals surface area contributed by atoms with Gasteiger partial charge in [0.25, 0.3) is 5.91 Å². The summed E-state index contributed by atoms with van der Waals surface area (Å²) < 4.78 is 7.03. The van der Waals surface area contributed by atoms with E-state index in [0.717, 1.165) is 10.9 Å². The number of rotatable bonds is 4. The summed E-state index contributed by atoms with van der Waals surface area (Å²) in [7, 11) is 3.41. The average Bonchev–Trinajstić information content (AvgIpc) is 2.92. The van der Waals surface area contributed by atoms with Gasteiger partial charge in [-0.25, -0.2) is 0 Å². The minimum atomic E-state index is -0.197. The number of nitrogens with one attached hydrogen (secondary N) is 1. The lowest BCUT2D eigenvalue weighted by atomic mass is 10.2. The van der Waals surface area contributed by atoms with Crippen LogP contribution in [-0.4, -0.2) is 22.7 Å². The normalized spacial score (nSPS) is 10.7. The molecular weight excluding hydrogens is 292 g/mol. The Morgan fingerprint density at radius 2 is 2.00 bits per heavy atom. The lowest BCUT2D eigenvalue weighted by Crippen LogP contribution is -2.15. The molecule has 1 aromatic heterocycles. The van der Waals surface area contributed by atoms with Crippen LogP contribution in [0.1, 0.15) is 16.1 Å². The van der Waals surface area contributed by atoms with Crippen LogP contribution in [0.4, 0.5) is 5.69 Å². The summed E-state index contributed by atoms with van der Waals surface area (Å²) in [4.78, 5) is 12.5. The van der Waals surface area contributed by atoms with Crippen LogP contribution in [0.5, 0.6) is 5.75 Å². The van der Waals surface area contributed by atoms with Crippen molar-refractivity contribution >= 4 is 22.5 Å². The minimum absolute atomic E-state index is 0.152. The first-order chi connectivity index (χ1) is 11.1. The van der Waals surface area contributed by atoms with Gasteiger partial charge in [0.05, 0.1) is 13.7 Å². The van der Waals surface area contributed by atoms with Crippen molar-refractivity contribution in [3.8, 4) is 5.75 Å². The fraction of sp³-hybridized carbons (Fsp3) is 0.167. The largest absolute Gasteiger partial charge is 0.496 e. The molecule has 1 amide bonds. The minimum Gasteiger partial charge on any atom is -0.496 e. The van der Waals surface area contributed by atoms with Crippen molar-refractivity contribution in [3.05, 3.63) is 59.8 Å². The Balaban J connectivity index is 1.90. The smallest absolute Gasteiger partial charge is 0.272 e. The molecule has 118 valence electrons. The van der Waals surface area contributed by atoms with Crippen molar-refractivity contribution < 1.29 is 14.6 Å². The number of benzene rings is 2. The fourth-order valence-electron chi connectivity index (χ4n) is 2.68. The van der Waals surface area contributed by atoms with E-state index >= 15 is 0 Å². The number of aromatic nitrogens is 1. The standard InChI is InChI=1S/C18H18N2O3/c1-20-15-6-4-3-5-12(15)10-16(20)18(22)19-14-7-8-17(23-2)13(9-14)11-21/h3-10,21H,11H2,1-2H3,(H,19,22). The third-order valence-corrected chi connectivity index (χ3v) is 3.89. The van der Waals surface area contributed by atoms with Crippen molar-refractivity contribution in [2.45, 2.75) is 6.61 Å². The Labute approximate surface area is 134 Å². The number of hydrogen-bond acceptors (Lipinski definition) is 3. The number of anilines is 1. The van der Waals surface area contributed by atoms with Gasteiger partial charge in [-0.05, 0) is 30.3 Å². The number of methoxy groups -OCH3 is 1. The Hall–Kier alpha value is -2.79. The number of carbonyl (C=O) groups excluding carboxylic acids is 1. The Morgan fingerprint density at radius 1 is 1.22 bits per heavy atom. The predicted octanol–water partition coefficient (Wildman–Crippen LogP) is 2.93. The highest BCUT2D eigenvalue weighted by atomic mass is 16.5. The molecule has 0 saturated carbocycles. The van der Waals surface area contributed by atoms with Gasteiger partial charge in [-0.1, -0.05) is 18.2 Å². The molecule has 0 aliphatic heterocycles. The maximum absolute atomic E-state index is 12.5. The summed E-state index contributed by atoms with van der Waals surface area (Å²) in [6.07, 6.45) is 0. The average molecular weight is 310 g/mol.